The molecule has 1 fully saturated rings. The van der Waals surface area contributed by atoms with Gasteiger partial charge in [-0.05, 0) is 30.7 Å². The number of nitrogens with one attached hydrogen (secondary N) is 1. The van der Waals surface area contributed by atoms with E-state index in [0.717, 1.165) is 6.42 Å². The molecule has 6 nitrogen and oxygen atoms in total. The number of amides is 1. The molecule has 1 aliphatic rings. The number of hydrogen-bond acceptors (Lipinski definition) is 5. The monoisotopic (exact) mass is 352 g/mol. The summed E-state index contributed by atoms with van der Waals surface area (Å²) >= 11 is 0. The highest BCUT2D eigenvalue weighted by Gasteiger charge is 2.18. The predicted octanol–water partition coefficient (Wildman–Crippen LogP) is 1.86. The molecule has 0 saturated carbocycles. The van der Waals surface area contributed by atoms with Crippen molar-refractivity contribution in [1.29, 1.82) is 0 Å². The number of nitrogens with zero attached hydrogens (tertiary/aromatic N) is 1. The number of anilines is 1. The van der Waals surface area contributed by atoms with Crippen molar-refractivity contribution >= 4 is 27.2 Å². The van der Waals surface area contributed by atoms with Crippen molar-refractivity contribution in [3.05, 3.63) is 24.3 Å². The third-order valence-corrected chi connectivity index (χ3v) is 5.86. The first-order valence-electron chi connectivity index (χ1n) is 8.27. The maximum atomic E-state index is 12.1. The fourth-order valence-corrected chi connectivity index (χ4v) is 4.02. The summed E-state index contributed by atoms with van der Waals surface area (Å²) in [5, 5.41) is 2.76. The number of unbranched alkanes of at least 4 members (excludes halogenated alkanes) is 1. The molecule has 1 N–H and O–H groups in total. The molecule has 1 heterocycles. The Morgan fingerprint density at radius 3 is 2.38 bits per heavy atom. The fourth-order valence-electron chi connectivity index (χ4n) is 2.56. The third-order valence-electron chi connectivity index (χ3n) is 4.04. The number of rotatable bonds is 7. The van der Waals surface area contributed by atoms with Crippen LogP contribution in [0.3, 0.4) is 0 Å². The molecule has 0 radical (unpaired) electrons. The second-order valence-corrected chi connectivity index (χ2v) is 8.17. The van der Waals surface area contributed by atoms with Crippen LogP contribution in [0.15, 0.2) is 29.2 Å². The Morgan fingerprint density at radius 2 is 1.79 bits per heavy atom. The van der Waals surface area contributed by atoms with Crippen LogP contribution in [-0.2, 0) is 19.4 Å². The first-order valence-corrected chi connectivity index (χ1v) is 9.92. The van der Waals surface area contributed by atoms with E-state index in [1.165, 1.54) is 12.1 Å². The van der Waals surface area contributed by atoms with Gasteiger partial charge in [0.05, 0.1) is 17.2 Å². The zero-order valence-corrected chi connectivity index (χ0v) is 14.8. The lowest BCUT2D eigenvalue weighted by molar-refractivity contribution is -0.124. The van der Waals surface area contributed by atoms with Crippen molar-refractivity contribution in [2.24, 2.45) is 0 Å². The van der Waals surface area contributed by atoms with E-state index in [2.05, 4.69) is 5.32 Å². The summed E-state index contributed by atoms with van der Waals surface area (Å²) in [5.74, 6) is 0.223. The standard InChI is InChI=1S/C17H24N2O4S/c1-2-3-12-24(22,23)16-6-4-14(5-7-16)18-17(21)13-19-10-8-15(20)9-11-19/h4-7H,2-3,8-13H2,1H3,(H,18,21). The zero-order valence-electron chi connectivity index (χ0n) is 14.0. The molecule has 0 spiro atoms. The SMILES string of the molecule is CCCCS(=O)(=O)c1ccc(NC(=O)CN2CCC(=O)CC2)cc1. The molecule has 7 heteroatoms. The number of benzene rings is 1. The number of carbonyl (C=O) groups excluding carboxylic acids is 2. The van der Waals surface area contributed by atoms with E-state index in [1.54, 1.807) is 12.1 Å². The van der Waals surface area contributed by atoms with E-state index in [0.29, 0.717) is 38.0 Å². The molecule has 132 valence electrons. The smallest absolute Gasteiger partial charge is 0.238 e. The van der Waals surface area contributed by atoms with Gasteiger partial charge in [0.25, 0.3) is 0 Å². The lowest BCUT2D eigenvalue weighted by Gasteiger charge is -2.24. The average molecular weight is 352 g/mol. The zero-order chi connectivity index (χ0) is 17.6. The minimum absolute atomic E-state index is 0.142. The van der Waals surface area contributed by atoms with Crippen LogP contribution in [0.1, 0.15) is 32.6 Å². The van der Waals surface area contributed by atoms with Gasteiger partial charge in [0, 0.05) is 31.6 Å². The lowest BCUT2D eigenvalue weighted by Crippen LogP contribution is -2.39. The van der Waals surface area contributed by atoms with E-state index in [9.17, 15) is 18.0 Å². The normalized spacial score (nSPS) is 16.1. The second kappa shape index (κ2) is 8.39. The van der Waals surface area contributed by atoms with Gasteiger partial charge in [-0.2, -0.15) is 0 Å². The van der Waals surface area contributed by atoms with Gasteiger partial charge >= 0.3 is 0 Å². The van der Waals surface area contributed by atoms with Crippen LogP contribution >= 0.6 is 0 Å². The molecule has 1 aromatic carbocycles. The Hall–Kier alpha value is -1.73. The first-order chi connectivity index (χ1) is 11.4. The molecule has 1 saturated heterocycles. The molecule has 0 atom stereocenters. The van der Waals surface area contributed by atoms with E-state index in [4.69, 9.17) is 0 Å². The van der Waals surface area contributed by atoms with Gasteiger partial charge in [-0.25, -0.2) is 8.42 Å². The van der Waals surface area contributed by atoms with Crippen molar-refractivity contribution in [2.75, 3.05) is 30.7 Å². The van der Waals surface area contributed by atoms with Gasteiger partial charge in [0.15, 0.2) is 9.84 Å². The summed E-state index contributed by atoms with van der Waals surface area (Å²) in [6, 6.07) is 6.27. The van der Waals surface area contributed by atoms with Crippen LogP contribution in [0, 0.1) is 0 Å². The number of sulfone groups is 1. The molecular formula is C17H24N2O4S. The summed E-state index contributed by atoms with van der Waals surface area (Å²) in [6.07, 6.45) is 2.46. The minimum atomic E-state index is -3.25. The third kappa shape index (κ3) is 5.42. The molecule has 0 unspecified atom stereocenters. The summed E-state index contributed by atoms with van der Waals surface area (Å²) in [6.45, 7) is 3.41. The number of hydrogen-bond donors (Lipinski definition) is 1. The summed E-state index contributed by atoms with van der Waals surface area (Å²) in [4.78, 5) is 25.4. The topological polar surface area (TPSA) is 83.6 Å². The largest absolute Gasteiger partial charge is 0.325 e. The molecule has 0 aliphatic carbocycles. The van der Waals surface area contributed by atoms with Crippen LogP contribution in [0.4, 0.5) is 5.69 Å². The number of carbonyl (C=O) groups is 2. The van der Waals surface area contributed by atoms with Crippen molar-refractivity contribution in [1.82, 2.24) is 4.90 Å². The average Bonchev–Trinajstić information content (AvgIpc) is 2.55. The van der Waals surface area contributed by atoms with Crippen molar-refractivity contribution < 1.29 is 18.0 Å². The summed E-state index contributed by atoms with van der Waals surface area (Å²) in [7, 11) is -3.25. The van der Waals surface area contributed by atoms with Gasteiger partial charge in [-0.1, -0.05) is 13.3 Å². The van der Waals surface area contributed by atoms with Gasteiger partial charge in [-0.15, -0.1) is 0 Å². The van der Waals surface area contributed by atoms with Crippen LogP contribution in [0.5, 0.6) is 0 Å². The Labute approximate surface area is 143 Å². The highest BCUT2D eigenvalue weighted by atomic mass is 32.2. The van der Waals surface area contributed by atoms with E-state index in [-0.39, 0.29) is 28.9 Å². The number of piperidine rings is 1. The van der Waals surface area contributed by atoms with Crippen molar-refractivity contribution in [2.45, 2.75) is 37.5 Å². The number of Topliss-reactive ketones (excluding diaryl/α,β-unsaturated/α-hetero) is 1. The van der Waals surface area contributed by atoms with E-state index in [1.807, 2.05) is 11.8 Å². The lowest BCUT2D eigenvalue weighted by atomic mass is 10.1. The Kier molecular flexibility index (Phi) is 6.51. The maximum absolute atomic E-state index is 12.1. The van der Waals surface area contributed by atoms with Crippen LogP contribution in [0.2, 0.25) is 0 Å². The molecule has 1 aliphatic heterocycles. The molecule has 0 aromatic heterocycles. The molecule has 0 bridgehead atoms. The molecule has 24 heavy (non-hydrogen) atoms. The van der Waals surface area contributed by atoms with E-state index >= 15 is 0 Å². The first kappa shape index (κ1) is 18.6. The highest BCUT2D eigenvalue weighted by Crippen LogP contribution is 2.16. The number of likely N-dealkylation sites (tertiary alicyclic amines) is 1. The van der Waals surface area contributed by atoms with Gasteiger partial charge in [0.1, 0.15) is 5.78 Å². The minimum Gasteiger partial charge on any atom is -0.325 e. The van der Waals surface area contributed by atoms with Crippen molar-refractivity contribution in [3.63, 3.8) is 0 Å². The van der Waals surface area contributed by atoms with Gasteiger partial charge in [0.2, 0.25) is 5.91 Å². The highest BCUT2D eigenvalue weighted by molar-refractivity contribution is 7.91. The summed E-state index contributed by atoms with van der Waals surface area (Å²) in [5.41, 5.74) is 0.572. The van der Waals surface area contributed by atoms with E-state index < -0.39 is 9.84 Å². The Bertz CT molecular complexity index is 673. The second-order valence-electron chi connectivity index (χ2n) is 6.06. The maximum Gasteiger partial charge on any atom is 0.238 e. The van der Waals surface area contributed by atoms with Gasteiger partial charge in [-0.3, -0.25) is 14.5 Å². The van der Waals surface area contributed by atoms with Crippen LogP contribution < -0.4 is 5.32 Å². The van der Waals surface area contributed by atoms with Crippen molar-refractivity contribution in [3.8, 4) is 0 Å². The Balaban J connectivity index is 1.89. The summed E-state index contributed by atoms with van der Waals surface area (Å²) < 4.78 is 24.2. The Morgan fingerprint density at radius 1 is 1.17 bits per heavy atom. The predicted molar refractivity (Wildman–Crippen MR) is 92.7 cm³/mol. The molecular weight excluding hydrogens is 328 g/mol. The quantitative estimate of drug-likeness (QED) is 0.810. The van der Waals surface area contributed by atoms with Crippen LogP contribution in [0.25, 0.3) is 0 Å². The van der Waals surface area contributed by atoms with Gasteiger partial charge < -0.3 is 5.32 Å². The molecule has 1 aromatic rings. The number of ketones is 1. The van der Waals surface area contributed by atoms with Crippen LogP contribution in [-0.4, -0.2) is 50.4 Å². The fraction of sp³-hybridized carbons (Fsp3) is 0.529. The molecule has 2 rings (SSSR count). The molecule has 1 amide bonds.